The summed E-state index contributed by atoms with van der Waals surface area (Å²) in [6, 6.07) is 0. The second-order valence-electron chi connectivity index (χ2n) is 4.70. The standard InChI is InChI=1S/C15H31O/c1-4-7-8-9-10-11-13-16-14-12-15(5-2)6-3/h15H,1,4-14H2,2-3H3. The summed E-state index contributed by atoms with van der Waals surface area (Å²) in [6.07, 6.45) is 11.5. The van der Waals surface area contributed by atoms with Gasteiger partial charge in [-0.15, -0.1) is 0 Å². The lowest BCUT2D eigenvalue weighted by Crippen LogP contribution is -2.04. The maximum Gasteiger partial charge on any atom is 0.0468 e. The summed E-state index contributed by atoms with van der Waals surface area (Å²) in [7, 11) is 0. The van der Waals surface area contributed by atoms with Crippen LogP contribution in [-0.4, -0.2) is 13.2 Å². The fourth-order valence-corrected chi connectivity index (χ4v) is 1.96. The smallest absolute Gasteiger partial charge is 0.0468 e. The highest BCUT2D eigenvalue weighted by molar-refractivity contribution is 4.53. The minimum atomic E-state index is 0.872. The predicted molar refractivity (Wildman–Crippen MR) is 72.6 cm³/mol. The van der Waals surface area contributed by atoms with Crippen molar-refractivity contribution in [2.24, 2.45) is 5.92 Å². The zero-order valence-electron chi connectivity index (χ0n) is 11.5. The Labute approximate surface area is 103 Å². The van der Waals surface area contributed by atoms with Crippen molar-refractivity contribution in [2.75, 3.05) is 13.2 Å². The SMILES string of the molecule is [CH2]CCCCCCCOCCC(CC)CC. The van der Waals surface area contributed by atoms with Gasteiger partial charge in [-0.1, -0.05) is 65.7 Å². The molecule has 0 rings (SSSR count). The lowest BCUT2D eigenvalue weighted by Gasteiger charge is -2.11. The minimum Gasteiger partial charge on any atom is -0.381 e. The van der Waals surface area contributed by atoms with Crippen molar-refractivity contribution >= 4 is 0 Å². The van der Waals surface area contributed by atoms with E-state index in [0.717, 1.165) is 25.6 Å². The van der Waals surface area contributed by atoms with Crippen LogP contribution in [-0.2, 0) is 4.74 Å². The molecule has 0 N–H and O–H groups in total. The van der Waals surface area contributed by atoms with Crippen molar-refractivity contribution < 1.29 is 4.74 Å². The molecule has 0 amide bonds. The highest BCUT2D eigenvalue weighted by atomic mass is 16.5. The van der Waals surface area contributed by atoms with Gasteiger partial charge in [0.05, 0.1) is 0 Å². The van der Waals surface area contributed by atoms with Gasteiger partial charge < -0.3 is 4.74 Å². The lowest BCUT2D eigenvalue weighted by molar-refractivity contribution is 0.115. The molecule has 0 aromatic rings. The van der Waals surface area contributed by atoms with E-state index in [1.165, 1.54) is 51.4 Å². The topological polar surface area (TPSA) is 9.23 Å². The van der Waals surface area contributed by atoms with Crippen LogP contribution < -0.4 is 0 Å². The summed E-state index contributed by atoms with van der Waals surface area (Å²) in [5.74, 6) is 0.872. The van der Waals surface area contributed by atoms with Gasteiger partial charge in [0.2, 0.25) is 0 Å². The number of ether oxygens (including phenoxy) is 1. The summed E-state index contributed by atoms with van der Waals surface area (Å²) in [5, 5.41) is 0. The number of hydrogen-bond acceptors (Lipinski definition) is 1. The van der Waals surface area contributed by atoms with E-state index in [9.17, 15) is 0 Å². The molecule has 0 aliphatic rings. The van der Waals surface area contributed by atoms with Crippen LogP contribution in [0.3, 0.4) is 0 Å². The van der Waals surface area contributed by atoms with Crippen molar-refractivity contribution in [3.05, 3.63) is 6.92 Å². The number of unbranched alkanes of at least 4 members (excludes halogenated alkanes) is 5. The van der Waals surface area contributed by atoms with Crippen LogP contribution in [0.15, 0.2) is 0 Å². The maximum absolute atomic E-state index is 5.66. The highest BCUT2D eigenvalue weighted by Gasteiger charge is 2.02. The highest BCUT2D eigenvalue weighted by Crippen LogP contribution is 2.12. The first-order chi connectivity index (χ1) is 7.85. The average molecular weight is 227 g/mol. The van der Waals surface area contributed by atoms with Crippen LogP contribution in [0.5, 0.6) is 0 Å². The molecule has 1 nitrogen and oxygen atoms in total. The molecule has 0 saturated carbocycles. The molecule has 0 aliphatic heterocycles. The van der Waals surface area contributed by atoms with E-state index in [-0.39, 0.29) is 0 Å². The molecule has 0 aromatic carbocycles. The largest absolute Gasteiger partial charge is 0.381 e. The minimum absolute atomic E-state index is 0.872. The van der Waals surface area contributed by atoms with E-state index in [2.05, 4.69) is 20.8 Å². The van der Waals surface area contributed by atoms with E-state index < -0.39 is 0 Å². The third kappa shape index (κ3) is 10.5. The Balaban J connectivity index is 3.03. The van der Waals surface area contributed by atoms with E-state index >= 15 is 0 Å². The van der Waals surface area contributed by atoms with Gasteiger partial charge in [0, 0.05) is 13.2 Å². The fraction of sp³-hybridized carbons (Fsp3) is 0.933. The molecule has 0 atom stereocenters. The molecule has 16 heavy (non-hydrogen) atoms. The van der Waals surface area contributed by atoms with Gasteiger partial charge in [0.1, 0.15) is 0 Å². The Kier molecular flexibility index (Phi) is 13.0. The molecule has 0 spiro atoms. The number of rotatable bonds is 12. The normalized spacial score (nSPS) is 11.2. The van der Waals surface area contributed by atoms with Crippen molar-refractivity contribution in [3.63, 3.8) is 0 Å². The van der Waals surface area contributed by atoms with Gasteiger partial charge in [-0.2, -0.15) is 0 Å². The summed E-state index contributed by atoms with van der Waals surface area (Å²) >= 11 is 0. The molecular formula is C15H31O. The Hall–Kier alpha value is -0.0400. The Morgan fingerprint density at radius 3 is 2.12 bits per heavy atom. The molecule has 0 aliphatic carbocycles. The Morgan fingerprint density at radius 1 is 0.875 bits per heavy atom. The zero-order chi connectivity index (χ0) is 12.1. The van der Waals surface area contributed by atoms with E-state index in [4.69, 9.17) is 4.74 Å². The second kappa shape index (κ2) is 13.0. The molecule has 0 unspecified atom stereocenters. The lowest BCUT2D eigenvalue weighted by atomic mass is 10.0. The van der Waals surface area contributed by atoms with E-state index in [1.807, 2.05) is 0 Å². The van der Waals surface area contributed by atoms with E-state index in [1.54, 1.807) is 0 Å². The van der Waals surface area contributed by atoms with Gasteiger partial charge in [-0.25, -0.2) is 0 Å². The van der Waals surface area contributed by atoms with Gasteiger partial charge in [0.15, 0.2) is 0 Å². The third-order valence-corrected chi connectivity index (χ3v) is 3.36. The molecule has 0 bridgehead atoms. The molecule has 97 valence electrons. The van der Waals surface area contributed by atoms with E-state index in [0.29, 0.717) is 0 Å². The molecule has 0 heterocycles. The zero-order valence-corrected chi connectivity index (χ0v) is 11.5. The predicted octanol–water partition coefficient (Wildman–Crippen LogP) is 5.00. The fourth-order valence-electron chi connectivity index (χ4n) is 1.96. The van der Waals surface area contributed by atoms with Crippen molar-refractivity contribution in [2.45, 2.75) is 71.6 Å². The van der Waals surface area contributed by atoms with Crippen LogP contribution >= 0.6 is 0 Å². The first-order valence-electron chi connectivity index (χ1n) is 7.22. The van der Waals surface area contributed by atoms with Crippen LogP contribution in [0, 0.1) is 12.8 Å². The summed E-state index contributed by atoms with van der Waals surface area (Å²) in [4.78, 5) is 0. The van der Waals surface area contributed by atoms with Crippen LogP contribution in [0.25, 0.3) is 0 Å². The first kappa shape index (κ1) is 16.0. The molecular weight excluding hydrogens is 196 g/mol. The van der Waals surface area contributed by atoms with Gasteiger partial charge in [-0.3, -0.25) is 0 Å². The van der Waals surface area contributed by atoms with Gasteiger partial charge >= 0.3 is 0 Å². The molecule has 1 radical (unpaired) electrons. The third-order valence-electron chi connectivity index (χ3n) is 3.36. The van der Waals surface area contributed by atoms with Crippen LogP contribution in [0.1, 0.15) is 71.6 Å². The van der Waals surface area contributed by atoms with Crippen molar-refractivity contribution in [1.82, 2.24) is 0 Å². The number of hydrogen-bond donors (Lipinski definition) is 0. The van der Waals surface area contributed by atoms with Crippen molar-refractivity contribution in [3.8, 4) is 0 Å². The van der Waals surface area contributed by atoms with Crippen LogP contribution in [0.2, 0.25) is 0 Å². The molecule has 1 heteroatoms. The maximum atomic E-state index is 5.66. The van der Waals surface area contributed by atoms with Gasteiger partial charge in [-0.05, 0) is 18.8 Å². The van der Waals surface area contributed by atoms with Gasteiger partial charge in [0.25, 0.3) is 0 Å². The summed E-state index contributed by atoms with van der Waals surface area (Å²) < 4.78 is 5.66. The molecule has 0 fully saturated rings. The van der Waals surface area contributed by atoms with Crippen LogP contribution in [0.4, 0.5) is 0 Å². The molecule has 0 aromatic heterocycles. The van der Waals surface area contributed by atoms with Crippen molar-refractivity contribution in [1.29, 1.82) is 0 Å². The average Bonchev–Trinajstić information content (AvgIpc) is 2.32. The molecule has 0 saturated heterocycles. The quantitative estimate of drug-likeness (QED) is 0.426. The Morgan fingerprint density at radius 2 is 1.50 bits per heavy atom. The summed E-state index contributed by atoms with van der Waals surface area (Å²) in [6.45, 7) is 10.3. The summed E-state index contributed by atoms with van der Waals surface area (Å²) in [5.41, 5.74) is 0. The second-order valence-corrected chi connectivity index (χ2v) is 4.70. The monoisotopic (exact) mass is 227 g/mol. The first-order valence-corrected chi connectivity index (χ1v) is 7.22. The Bertz CT molecular complexity index is 119.